The van der Waals surface area contributed by atoms with E-state index in [0.717, 1.165) is 99.6 Å². The second-order valence-electron chi connectivity index (χ2n) is 17.1. The summed E-state index contributed by atoms with van der Waals surface area (Å²) in [6.07, 6.45) is 17.0. The van der Waals surface area contributed by atoms with Gasteiger partial charge in [-0.3, -0.25) is 0 Å². The van der Waals surface area contributed by atoms with Crippen molar-refractivity contribution in [1.82, 2.24) is 9.13 Å². The molecule has 10 aromatic rings. The van der Waals surface area contributed by atoms with Crippen molar-refractivity contribution in [2.24, 2.45) is 0 Å². The Kier molecular flexibility index (Phi) is 11.1. The van der Waals surface area contributed by atoms with Gasteiger partial charge in [0, 0.05) is 67.5 Å². The summed E-state index contributed by atoms with van der Waals surface area (Å²) in [5.74, 6) is 0.962. The average molecular weight is 978 g/mol. The molecule has 0 bridgehead atoms. The number of anilines is 2. The third-order valence-corrected chi connectivity index (χ3v) is 13.8. The number of allylic oxidation sites excluding steroid dienone is 6. The Balaban J connectivity index is 1.03. The molecule has 0 unspecified atom stereocenters. The number of nitrogens with zero attached hydrogens (tertiary/aromatic N) is 3. The minimum absolute atomic E-state index is 0.699. The quantitative estimate of drug-likeness (QED) is 0.106. The lowest BCUT2D eigenvalue weighted by atomic mass is 9.97. The highest BCUT2D eigenvalue weighted by atomic mass is 127. The molecule has 4 heterocycles. The normalized spacial score (nSPS) is 14.2. The summed E-state index contributed by atoms with van der Waals surface area (Å²) in [6.45, 7) is 13.6. The van der Waals surface area contributed by atoms with Crippen LogP contribution in [-0.2, 0) is 4.43 Å². The van der Waals surface area contributed by atoms with Crippen LogP contribution in [0.15, 0.2) is 206 Å². The maximum atomic E-state index is 6.54. The van der Waals surface area contributed by atoms with E-state index in [1.807, 2.05) is 6.08 Å². The van der Waals surface area contributed by atoms with Gasteiger partial charge in [-0.05, 0) is 108 Å². The summed E-state index contributed by atoms with van der Waals surface area (Å²) in [5, 5.41) is 4.75. The van der Waals surface area contributed by atoms with E-state index in [0.29, 0.717) is 6.54 Å². The lowest BCUT2D eigenvalue weighted by Crippen LogP contribution is -2.18. The van der Waals surface area contributed by atoms with Crippen molar-refractivity contribution in [2.75, 3.05) is 11.4 Å². The number of hydrogen-bond donors (Lipinski definition) is 0. The fourth-order valence-electron chi connectivity index (χ4n) is 10.0. The Bertz CT molecular complexity index is 3660. The first-order valence-electron chi connectivity index (χ1n) is 22.8. The predicted molar refractivity (Wildman–Crippen MR) is 296 cm³/mol. The van der Waals surface area contributed by atoms with E-state index in [4.69, 9.17) is 4.42 Å². The van der Waals surface area contributed by atoms with E-state index >= 15 is 0 Å². The van der Waals surface area contributed by atoms with E-state index in [9.17, 15) is 0 Å². The maximum absolute atomic E-state index is 6.54. The van der Waals surface area contributed by atoms with Gasteiger partial charge in [0.2, 0.25) is 0 Å². The number of para-hydroxylation sites is 4. The zero-order valence-corrected chi connectivity index (χ0v) is 39.7. The number of rotatable bonds is 9. The van der Waals surface area contributed by atoms with Crippen LogP contribution in [0, 0.1) is 0 Å². The molecule has 0 radical (unpaired) electrons. The molecule has 0 amide bonds. The summed E-state index contributed by atoms with van der Waals surface area (Å²) in [5.41, 5.74) is 18.8. The molecule has 1 aliphatic rings. The third-order valence-electron chi connectivity index (χ3n) is 13.1. The topological polar surface area (TPSA) is 26.2 Å². The third kappa shape index (κ3) is 7.40. The molecule has 4 nitrogen and oxygen atoms in total. The minimum atomic E-state index is 0.699. The van der Waals surface area contributed by atoms with Gasteiger partial charge in [0.05, 0.1) is 26.7 Å². The predicted octanol–water partition coefficient (Wildman–Crippen LogP) is 17.7. The average Bonchev–Trinajstić information content (AvgIpc) is 4.02. The lowest BCUT2D eigenvalue weighted by molar-refractivity contribution is 0.576. The Morgan fingerprint density at radius 1 is 0.657 bits per heavy atom. The van der Waals surface area contributed by atoms with Gasteiger partial charge in [-0.1, -0.05) is 175 Å². The molecular weight excluding hydrogens is 930 g/mol. The standard InChI is InChI=1S/C62H48IN3O/c1-5-18-57-49(6-2)51-21-10-14-25-58(51)65(57)42(4)35-54-55-38-45(32-33-61(55)67-62(54)40-63)43-28-30-44(31-29-43)46-36-47(64-34-17-7-8-19-41(3)50-20-9-13-24-56(50)64)39-48(37-46)66-59-26-15-11-22-52(59)53-23-12-16-27-60(53)66/h5-33,35-39H,2-3,34,40H2,1,4H3/b17-7-,18-5-,19-8-,42-35+. The molecule has 1 aliphatic heterocycles. The van der Waals surface area contributed by atoms with Gasteiger partial charge in [0.1, 0.15) is 11.3 Å². The van der Waals surface area contributed by atoms with E-state index in [-0.39, 0.29) is 0 Å². The Morgan fingerprint density at radius 2 is 1.30 bits per heavy atom. The Morgan fingerprint density at radius 3 is 2.01 bits per heavy atom. The highest BCUT2D eigenvalue weighted by molar-refractivity contribution is 14.1. The van der Waals surface area contributed by atoms with Crippen LogP contribution < -0.4 is 4.90 Å². The van der Waals surface area contributed by atoms with Crippen molar-refractivity contribution in [1.29, 1.82) is 0 Å². The molecule has 11 rings (SSSR count). The molecule has 0 aliphatic carbocycles. The first-order valence-corrected chi connectivity index (χ1v) is 24.3. The van der Waals surface area contributed by atoms with Gasteiger partial charge in [0.15, 0.2) is 0 Å². The molecule has 0 saturated heterocycles. The fourth-order valence-corrected chi connectivity index (χ4v) is 10.6. The van der Waals surface area contributed by atoms with Crippen LogP contribution in [-0.4, -0.2) is 15.7 Å². The summed E-state index contributed by atoms with van der Waals surface area (Å²) < 4.78 is 12.0. The van der Waals surface area contributed by atoms with Crippen LogP contribution in [0.2, 0.25) is 0 Å². The Hall–Kier alpha value is -7.61. The Labute approximate surface area is 405 Å². The zero-order chi connectivity index (χ0) is 45.6. The van der Waals surface area contributed by atoms with Crippen LogP contribution in [0.5, 0.6) is 0 Å². The second-order valence-corrected chi connectivity index (χ2v) is 17.8. The number of benzene rings is 7. The maximum Gasteiger partial charge on any atom is 0.134 e. The number of hydrogen-bond acceptors (Lipinski definition) is 2. The van der Waals surface area contributed by atoms with Crippen molar-refractivity contribution in [3.63, 3.8) is 0 Å². The van der Waals surface area contributed by atoms with Crippen LogP contribution in [0.4, 0.5) is 11.4 Å². The van der Waals surface area contributed by atoms with Crippen molar-refractivity contribution in [2.45, 2.75) is 18.3 Å². The highest BCUT2D eigenvalue weighted by Gasteiger charge is 2.21. The van der Waals surface area contributed by atoms with Crippen LogP contribution in [0.3, 0.4) is 0 Å². The van der Waals surface area contributed by atoms with Crippen molar-refractivity contribution in [3.05, 3.63) is 229 Å². The smallest absolute Gasteiger partial charge is 0.134 e. The summed E-state index contributed by atoms with van der Waals surface area (Å²) >= 11 is 2.42. The fraction of sp³-hybridized carbons (Fsp3) is 0.0645. The monoisotopic (exact) mass is 977 g/mol. The molecule has 7 aromatic carbocycles. The number of furan rings is 1. The van der Waals surface area contributed by atoms with Gasteiger partial charge >= 0.3 is 0 Å². The molecule has 324 valence electrons. The largest absolute Gasteiger partial charge is 0.460 e. The number of aromatic nitrogens is 2. The van der Waals surface area contributed by atoms with Gasteiger partial charge < -0.3 is 18.5 Å². The molecule has 0 fully saturated rings. The van der Waals surface area contributed by atoms with Crippen molar-refractivity contribution in [3.8, 4) is 27.9 Å². The molecule has 0 N–H and O–H groups in total. The summed E-state index contributed by atoms with van der Waals surface area (Å²) in [6, 6.07) is 57.2. The number of fused-ring (bicyclic) bond motifs is 6. The van der Waals surface area contributed by atoms with Crippen LogP contribution in [0.1, 0.15) is 42.0 Å². The summed E-state index contributed by atoms with van der Waals surface area (Å²) in [7, 11) is 0. The molecule has 0 atom stereocenters. The van der Waals surface area contributed by atoms with E-state index < -0.39 is 0 Å². The van der Waals surface area contributed by atoms with Gasteiger partial charge in [-0.15, -0.1) is 0 Å². The van der Waals surface area contributed by atoms with E-state index in [2.05, 4.69) is 264 Å². The van der Waals surface area contributed by atoms with E-state index in [1.54, 1.807) is 0 Å². The first kappa shape index (κ1) is 42.1. The molecule has 3 aromatic heterocycles. The molecule has 67 heavy (non-hydrogen) atoms. The number of alkyl halides is 1. The molecule has 0 saturated carbocycles. The van der Waals surface area contributed by atoms with Crippen molar-refractivity contribution < 1.29 is 4.42 Å². The second kappa shape index (κ2) is 17.6. The molecular formula is C62H48IN3O. The van der Waals surface area contributed by atoms with Gasteiger partial charge in [0.25, 0.3) is 0 Å². The first-order chi connectivity index (χ1) is 32.9. The lowest BCUT2D eigenvalue weighted by Gasteiger charge is -2.28. The van der Waals surface area contributed by atoms with Gasteiger partial charge in [-0.2, -0.15) is 0 Å². The SMILES string of the molecule is C=Cc1c(/C=C\C)n(/C(C)=C/c2c(CI)oc3ccc(-c4ccc(-c5cc(N6C/C=C\C=C/C(=C)c7ccccc76)cc(-n6c7ccccc7c7ccccc76)c5)cc4)cc23)c2ccccc12. The number of halogens is 1. The molecule has 0 spiro atoms. The van der Waals surface area contributed by atoms with Crippen LogP contribution >= 0.6 is 22.6 Å². The van der Waals surface area contributed by atoms with Crippen molar-refractivity contribution >= 4 is 107 Å². The van der Waals surface area contributed by atoms with E-state index in [1.165, 1.54) is 27.2 Å². The van der Waals surface area contributed by atoms with Gasteiger partial charge in [-0.25, -0.2) is 0 Å². The minimum Gasteiger partial charge on any atom is -0.460 e. The summed E-state index contributed by atoms with van der Waals surface area (Å²) in [4.78, 5) is 2.41. The highest BCUT2D eigenvalue weighted by Crippen LogP contribution is 2.41. The molecule has 5 heteroatoms. The zero-order valence-electron chi connectivity index (χ0n) is 37.6. The van der Waals surface area contributed by atoms with Crippen LogP contribution in [0.25, 0.3) is 101 Å².